The monoisotopic (exact) mass is 191 g/mol. The highest BCUT2D eigenvalue weighted by Crippen LogP contribution is 2.27. The van der Waals surface area contributed by atoms with Gasteiger partial charge in [0, 0.05) is 0 Å². The van der Waals surface area contributed by atoms with Crippen LogP contribution >= 0.6 is 22.9 Å². The van der Waals surface area contributed by atoms with E-state index in [0.717, 1.165) is 0 Å². The van der Waals surface area contributed by atoms with Crippen molar-refractivity contribution in [1.29, 1.82) is 0 Å². The van der Waals surface area contributed by atoms with Crippen molar-refractivity contribution in [2.75, 3.05) is 0 Å². The molecular formula is C6H6ClNO2S. The van der Waals surface area contributed by atoms with Crippen LogP contribution in [0.25, 0.3) is 0 Å². The smallest absolute Gasteiger partial charge is 0.326 e. The summed E-state index contributed by atoms with van der Waals surface area (Å²) in [6.45, 7) is 0. The average molecular weight is 192 g/mol. The highest BCUT2D eigenvalue weighted by molar-refractivity contribution is 7.10. The van der Waals surface area contributed by atoms with E-state index >= 15 is 0 Å². The Labute approximate surface area is 72.4 Å². The van der Waals surface area contributed by atoms with Gasteiger partial charge in [-0.25, -0.2) is 0 Å². The molecule has 1 atom stereocenters. The van der Waals surface area contributed by atoms with Gasteiger partial charge in [0.2, 0.25) is 0 Å². The molecule has 0 aliphatic heterocycles. The number of hydrogen-bond donors (Lipinski definition) is 2. The second-order valence-corrected chi connectivity index (χ2v) is 3.30. The number of hydrogen-bond acceptors (Lipinski definition) is 3. The second kappa shape index (κ2) is 3.21. The molecule has 1 aromatic rings. The molecule has 1 heterocycles. The minimum absolute atomic E-state index is 0.421. The Bertz CT molecular complexity index is 273. The van der Waals surface area contributed by atoms with Gasteiger partial charge in [-0.05, 0) is 11.4 Å². The molecule has 0 aromatic carbocycles. The Morgan fingerprint density at radius 1 is 1.82 bits per heavy atom. The van der Waals surface area contributed by atoms with Gasteiger partial charge in [0.05, 0.1) is 9.90 Å². The Morgan fingerprint density at radius 2 is 2.45 bits per heavy atom. The van der Waals surface area contributed by atoms with Crippen molar-refractivity contribution in [3.05, 3.63) is 21.3 Å². The van der Waals surface area contributed by atoms with E-state index in [4.69, 9.17) is 22.4 Å². The van der Waals surface area contributed by atoms with Gasteiger partial charge in [-0.1, -0.05) is 11.6 Å². The first-order valence-electron chi connectivity index (χ1n) is 2.84. The molecule has 0 fully saturated rings. The fourth-order valence-electron chi connectivity index (χ4n) is 0.639. The highest BCUT2D eigenvalue weighted by Gasteiger charge is 2.18. The van der Waals surface area contributed by atoms with Crippen LogP contribution in [0.4, 0.5) is 0 Å². The van der Waals surface area contributed by atoms with Crippen molar-refractivity contribution in [3.63, 3.8) is 0 Å². The molecule has 1 aromatic heterocycles. The van der Waals surface area contributed by atoms with Gasteiger partial charge >= 0.3 is 5.97 Å². The topological polar surface area (TPSA) is 63.3 Å². The molecule has 3 N–H and O–H groups in total. The Hall–Kier alpha value is -0.580. The molecule has 3 nitrogen and oxygen atoms in total. The fourth-order valence-corrected chi connectivity index (χ4v) is 1.81. The Balaban J connectivity index is 2.92. The molecule has 0 saturated carbocycles. The number of carbonyl (C=O) groups is 1. The highest BCUT2D eigenvalue weighted by atomic mass is 35.5. The lowest BCUT2D eigenvalue weighted by atomic mass is 10.2. The van der Waals surface area contributed by atoms with Crippen LogP contribution < -0.4 is 5.73 Å². The molecule has 0 radical (unpaired) electrons. The van der Waals surface area contributed by atoms with E-state index in [9.17, 15) is 4.79 Å². The molecule has 0 bridgehead atoms. The molecule has 60 valence electrons. The van der Waals surface area contributed by atoms with E-state index in [1.165, 1.54) is 11.3 Å². The second-order valence-electron chi connectivity index (χ2n) is 1.95. The standard InChI is InChI=1S/C6H6ClNO2S/c7-3-1-2-11-5(3)4(8)6(9)10/h1-2,4H,8H2,(H,9,10)/t4-/m0/s1. The van der Waals surface area contributed by atoms with Gasteiger partial charge in [-0.15, -0.1) is 11.3 Å². The Kier molecular flexibility index (Phi) is 2.49. The molecular weight excluding hydrogens is 186 g/mol. The van der Waals surface area contributed by atoms with Crippen molar-refractivity contribution in [3.8, 4) is 0 Å². The summed E-state index contributed by atoms with van der Waals surface area (Å²) in [4.78, 5) is 10.9. The number of aliphatic carboxylic acids is 1. The molecule has 0 amide bonds. The number of rotatable bonds is 2. The zero-order chi connectivity index (χ0) is 8.43. The van der Waals surface area contributed by atoms with Crippen molar-refractivity contribution < 1.29 is 9.90 Å². The van der Waals surface area contributed by atoms with Crippen molar-refractivity contribution in [2.24, 2.45) is 5.73 Å². The first-order chi connectivity index (χ1) is 5.13. The van der Waals surface area contributed by atoms with Gasteiger partial charge < -0.3 is 10.8 Å². The summed E-state index contributed by atoms with van der Waals surface area (Å²) in [6, 6.07) is 0.632. The lowest BCUT2D eigenvalue weighted by Gasteiger charge is -2.02. The number of carboxylic acid groups (broad SMARTS) is 1. The maximum atomic E-state index is 10.4. The fraction of sp³-hybridized carbons (Fsp3) is 0.167. The van der Waals surface area contributed by atoms with Gasteiger partial charge in [-0.2, -0.15) is 0 Å². The van der Waals surface area contributed by atoms with E-state index < -0.39 is 12.0 Å². The molecule has 0 aliphatic carbocycles. The van der Waals surface area contributed by atoms with E-state index in [2.05, 4.69) is 0 Å². The van der Waals surface area contributed by atoms with Crippen molar-refractivity contribution in [1.82, 2.24) is 0 Å². The summed E-state index contributed by atoms with van der Waals surface area (Å²) < 4.78 is 0. The summed E-state index contributed by atoms with van der Waals surface area (Å²) >= 11 is 6.89. The summed E-state index contributed by atoms with van der Waals surface area (Å²) in [5, 5.41) is 10.6. The van der Waals surface area contributed by atoms with E-state index in [0.29, 0.717) is 9.90 Å². The summed E-state index contributed by atoms with van der Waals surface area (Å²) in [5.74, 6) is -1.06. The molecule has 1 rings (SSSR count). The van der Waals surface area contributed by atoms with Crippen molar-refractivity contribution in [2.45, 2.75) is 6.04 Å². The molecule has 5 heteroatoms. The normalized spacial score (nSPS) is 12.9. The average Bonchev–Trinajstić information content (AvgIpc) is 2.33. The quantitative estimate of drug-likeness (QED) is 0.745. The van der Waals surface area contributed by atoms with Gasteiger partial charge in [0.25, 0.3) is 0 Å². The van der Waals surface area contributed by atoms with Crippen LogP contribution in [-0.4, -0.2) is 11.1 Å². The summed E-state index contributed by atoms with van der Waals surface area (Å²) in [6.07, 6.45) is 0. The van der Waals surface area contributed by atoms with Crippen LogP contribution in [0.3, 0.4) is 0 Å². The van der Waals surface area contributed by atoms with Crippen LogP contribution in [0.5, 0.6) is 0 Å². The molecule has 0 aliphatic rings. The predicted octanol–water partition coefficient (Wildman–Crippen LogP) is 1.49. The zero-order valence-electron chi connectivity index (χ0n) is 5.45. The van der Waals surface area contributed by atoms with Gasteiger partial charge in [0.1, 0.15) is 6.04 Å². The molecule has 11 heavy (non-hydrogen) atoms. The first-order valence-corrected chi connectivity index (χ1v) is 4.10. The Morgan fingerprint density at radius 3 is 2.82 bits per heavy atom. The third kappa shape index (κ3) is 1.71. The molecule has 0 unspecified atom stereocenters. The lowest BCUT2D eigenvalue weighted by molar-refractivity contribution is -0.138. The van der Waals surface area contributed by atoms with Crippen molar-refractivity contribution >= 4 is 28.9 Å². The van der Waals surface area contributed by atoms with E-state index in [-0.39, 0.29) is 0 Å². The van der Waals surface area contributed by atoms with Crippen LogP contribution in [0.2, 0.25) is 5.02 Å². The number of halogens is 1. The summed E-state index contributed by atoms with van der Waals surface area (Å²) in [5.41, 5.74) is 5.31. The summed E-state index contributed by atoms with van der Waals surface area (Å²) in [7, 11) is 0. The van der Waals surface area contributed by atoms with Crippen LogP contribution in [0, 0.1) is 0 Å². The van der Waals surface area contributed by atoms with Gasteiger partial charge in [0.15, 0.2) is 0 Å². The van der Waals surface area contributed by atoms with Crippen LogP contribution in [0.15, 0.2) is 11.4 Å². The van der Waals surface area contributed by atoms with E-state index in [1.807, 2.05) is 0 Å². The molecule has 0 spiro atoms. The minimum Gasteiger partial charge on any atom is -0.480 e. The third-order valence-corrected chi connectivity index (χ3v) is 2.63. The van der Waals surface area contributed by atoms with Gasteiger partial charge in [-0.3, -0.25) is 4.79 Å². The van der Waals surface area contributed by atoms with E-state index in [1.54, 1.807) is 11.4 Å². The third-order valence-electron chi connectivity index (χ3n) is 1.19. The minimum atomic E-state index is -1.06. The molecule has 0 saturated heterocycles. The maximum absolute atomic E-state index is 10.4. The maximum Gasteiger partial charge on any atom is 0.326 e. The van der Waals surface area contributed by atoms with Crippen LogP contribution in [-0.2, 0) is 4.79 Å². The number of thiophene rings is 1. The number of nitrogens with two attached hydrogens (primary N) is 1. The predicted molar refractivity (Wildman–Crippen MR) is 43.9 cm³/mol. The lowest BCUT2D eigenvalue weighted by Crippen LogP contribution is -2.19. The zero-order valence-corrected chi connectivity index (χ0v) is 7.02. The number of carboxylic acids is 1. The largest absolute Gasteiger partial charge is 0.480 e. The van der Waals surface area contributed by atoms with Crippen LogP contribution in [0.1, 0.15) is 10.9 Å². The SMILES string of the molecule is N[C@H](C(=O)O)c1sccc1Cl. The first kappa shape index (κ1) is 8.52.